The van der Waals surface area contributed by atoms with E-state index in [9.17, 15) is 8.42 Å². The molecule has 0 spiro atoms. The molecule has 16 heavy (non-hydrogen) atoms. The van der Waals surface area contributed by atoms with Crippen LogP contribution in [0, 0.1) is 0 Å². The second-order valence-electron chi connectivity index (χ2n) is 4.01. The summed E-state index contributed by atoms with van der Waals surface area (Å²) in [5.74, 6) is 0.363. The van der Waals surface area contributed by atoms with Crippen LogP contribution in [0.5, 0.6) is 0 Å². The van der Waals surface area contributed by atoms with Gasteiger partial charge in [0.25, 0.3) is 10.0 Å². The second-order valence-corrected chi connectivity index (χ2v) is 7.31. The minimum Gasteiger partial charge on any atom is -0.206 e. The molecule has 1 unspecified atom stereocenters. The van der Waals surface area contributed by atoms with Crippen molar-refractivity contribution in [3.05, 3.63) is 17.0 Å². The van der Waals surface area contributed by atoms with Crippen LogP contribution in [-0.2, 0) is 15.9 Å². The van der Waals surface area contributed by atoms with Crippen molar-refractivity contribution in [3.63, 3.8) is 0 Å². The molecule has 0 aromatic carbocycles. The monoisotopic (exact) mass is 279 g/mol. The Balaban J connectivity index is 2.31. The normalized spacial score (nSPS) is 22.8. The smallest absolute Gasteiger partial charge is 0.206 e. The van der Waals surface area contributed by atoms with Gasteiger partial charge >= 0.3 is 0 Å². The Hall–Kier alpha value is -0.100. The van der Waals surface area contributed by atoms with E-state index >= 15 is 0 Å². The largest absolute Gasteiger partial charge is 0.252 e. The molecule has 0 aliphatic carbocycles. The van der Waals surface area contributed by atoms with E-state index in [1.54, 1.807) is 15.8 Å². The van der Waals surface area contributed by atoms with Crippen molar-refractivity contribution in [2.75, 3.05) is 6.54 Å². The molecule has 0 bridgehead atoms. The zero-order valence-corrected chi connectivity index (χ0v) is 11.4. The number of hydrogen-bond acceptors (Lipinski definition) is 3. The van der Waals surface area contributed by atoms with Crippen molar-refractivity contribution >= 4 is 33.0 Å². The molecule has 3 nitrogen and oxygen atoms in total. The molecule has 1 atom stereocenters. The topological polar surface area (TPSA) is 37.4 Å². The Morgan fingerprint density at radius 2 is 2.38 bits per heavy atom. The fraction of sp³-hybridized carbons (Fsp3) is 0.600. The first-order valence-electron chi connectivity index (χ1n) is 5.21. The summed E-state index contributed by atoms with van der Waals surface area (Å²) >= 11 is 6.93. The highest BCUT2D eigenvalue weighted by Crippen LogP contribution is 2.29. The summed E-state index contributed by atoms with van der Waals surface area (Å²) in [6.45, 7) is 2.60. The average Bonchev–Trinajstić information content (AvgIpc) is 2.85. The van der Waals surface area contributed by atoms with Crippen LogP contribution in [0.2, 0.25) is 0 Å². The molecular formula is C10H14ClNO2S2. The summed E-state index contributed by atoms with van der Waals surface area (Å²) in [6.07, 6.45) is 1.90. The molecule has 2 heterocycles. The molecule has 6 heteroatoms. The van der Waals surface area contributed by atoms with Crippen molar-refractivity contribution in [1.82, 2.24) is 4.31 Å². The van der Waals surface area contributed by atoms with E-state index in [1.165, 1.54) is 11.3 Å². The van der Waals surface area contributed by atoms with Gasteiger partial charge in [-0.15, -0.1) is 22.9 Å². The van der Waals surface area contributed by atoms with Crippen LogP contribution < -0.4 is 0 Å². The van der Waals surface area contributed by atoms with E-state index in [4.69, 9.17) is 11.6 Å². The number of alkyl halides is 1. The summed E-state index contributed by atoms with van der Waals surface area (Å²) in [5, 5.41) is 1.81. The Labute approximate surface area is 105 Å². The van der Waals surface area contributed by atoms with Gasteiger partial charge in [0, 0.05) is 18.5 Å². The molecule has 1 aliphatic rings. The molecule has 1 saturated heterocycles. The molecule has 90 valence electrons. The Bertz CT molecular complexity index is 469. The predicted octanol–water partition coefficient (Wildman–Crippen LogP) is 2.66. The van der Waals surface area contributed by atoms with Gasteiger partial charge in [0.1, 0.15) is 4.21 Å². The fourth-order valence-corrected chi connectivity index (χ4v) is 5.22. The number of sulfonamides is 1. The van der Waals surface area contributed by atoms with Crippen LogP contribution >= 0.6 is 22.9 Å². The van der Waals surface area contributed by atoms with Gasteiger partial charge in [-0.1, -0.05) is 0 Å². The van der Waals surface area contributed by atoms with Crippen LogP contribution in [-0.4, -0.2) is 25.3 Å². The Morgan fingerprint density at radius 3 is 2.88 bits per heavy atom. The molecule has 0 saturated carbocycles. The van der Waals surface area contributed by atoms with E-state index in [0.29, 0.717) is 16.6 Å². The van der Waals surface area contributed by atoms with Gasteiger partial charge in [-0.2, -0.15) is 4.31 Å². The van der Waals surface area contributed by atoms with Gasteiger partial charge < -0.3 is 0 Å². The van der Waals surface area contributed by atoms with Gasteiger partial charge in [0.15, 0.2) is 0 Å². The molecule has 0 N–H and O–H groups in total. The van der Waals surface area contributed by atoms with E-state index in [2.05, 4.69) is 0 Å². The quantitative estimate of drug-likeness (QED) is 0.798. The molecule has 1 fully saturated rings. The number of halogens is 1. The highest BCUT2D eigenvalue weighted by molar-refractivity contribution is 7.91. The summed E-state index contributed by atoms with van der Waals surface area (Å²) < 4.78 is 26.5. The van der Waals surface area contributed by atoms with Crippen molar-refractivity contribution in [2.24, 2.45) is 0 Å². The van der Waals surface area contributed by atoms with Gasteiger partial charge in [0.2, 0.25) is 0 Å². The molecule has 1 aliphatic heterocycles. The standard InChI is InChI=1S/C10H14ClNO2S2/c1-8-3-2-4-12(8)16(13,14)10-5-9(6-11)7-15-10/h5,7-8H,2-4,6H2,1H3. The minimum absolute atomic E-state index is 0.117. The molecule has 0 radical (unpaired) electrons. The van der Waals surface area contributed by atoms with Crippen molar-refractivity contribution < 1.29 is 8.42 Å². The maximum Gasteiger partial charge on any atom is 0.252 e. The van der Waals surface area contributed by atoms with Crippen LogP contribution in [0.3, 0.4) is 0 Å². The van der Waals surface area contributed by atoms with Crippen molar-refractivity contribution in [1.29, 1.82) is 0 Å². The summed E-state index contributed by atoms with van der Waals surface area (Å²) in [5.41, 5.74) is 0.872. The first kappa shape index (κ1) is 12.4. The second kappa shape index (κ2) is 4.64. The number of hydrogen-bond donors (Lipinski definition) is 0. The van der Waals surface area contributed by atoms with Gasteiger partial charge in [-0.05, 0) is 36.8 Å². The Morgan fingerprint density at radius 1 is 1.62 bits per heavy atom. The SMILES string of the molecule is CC1CCCN1S(=O)(=O)c1cc(CCl)cs1. The third kappa shape index (κ3) is 2.14. The average molecular weight is 280 g/mol. The molecular weight excluding hydrogens is 266 g/mol. The first-order chi connectivity index (χ1) is 7.55. The molecule has 1 aromatic rings. The van der Waals surface area contributed by atoms with Crippen LogP contribution in [0.25, 0.3) is 0 Å². The van der Waals surface area contributed by atoms with Crippen molar-refractivity contribution in [3.8, 4) is 0 Å². The van der Waals surface area contributed by atoms with E-state index in [-0.39, 0.29) is 6.04 Å². The van der Waals surface area contributed by atoms with Gasteiger partial charge in [0.05, 0.1) is 0 Å². The van der Waals surface area contributed by atoms with Crippen LogP contribution in [0.4, 0.5) is 0 Å². The minimum atomic E-state index is -3.28. The summed E-state index contributed by atoms with van der Waals surface area (Å²) in [4.78, 5) is 0. The highest BCUT2D eigenvalue weighted by atomic mass is 35.5. The third-order valence-electron chi connectivity index (χ3n) is 2.84. The highest BCUT2D eigenvalue weighted by Gasteiger charge is 2.33. The Kier molecular flexibility index (Phi) is 3.59. The van der Waals surface area contributed by atoms with Crippen LogP contribution in [0.15, 0.2) is 15.7 Å². The lowest BCUT2D eigenvalue weighted by Gasteiger charge is -2.19. The van der Waals surface area contributed by atoms with Crippen molar-refractivity contribution in [2.45, 2.75) is 35.9 Å². The van der Waals surface area contributed by atoms with Gasteiger partial charge in [-0.25, -0.2) is 8.42 Å². The number of nitrogens with zero attached hydrogens (tertiary/aromatic N) is 1. The fourth-order valence-electron chi connectivity index (χ4n) is 1.94. The molecule has 1 aromatic heterocycles. The van der Waals surface area contributed by atoms with Crippen LogP contribution in [0.1, 0.15) is 25.3 Å². The summed E-state index contributed by atoms with van der Waals surface area (Å²) in [6, 6.07) is 1.80. The third-order valence-corrected chi connectivity index (χ3v) is 6.63. The predicted molar refractivity (Wildman–Crippen MR) is 66.5 cm³/mol. The van der Waals surface area contributed by atoms with Gasteiger partial charge in [-0.3, -0.25) is 0 Å². The lowest BCUT2D eigenvalue weighted by atomic mass is 10.3. The van der Waals surface area contributed by atoms with E-state index in [1.807, 2.05) is 6.92 Å². The first-order valence-corrected chi connectivity index (χ1v) is 8.06. The molecule has 0 amide bonds. The molecule has 2 rings (SSSR count). The summed E-state index contributed by atoms with van der Waals surface area (Å²) in [7, 11) is -3.28. The number of thiophene rings is 1. The number of rotatable bonds is 3. The lowest BCUT2D eigenvalue weighted by molar-refractivity contribution is 0.409. The van der Waals surface area contributed by atoms with E-state index < -0.39 is 10.0 Å². The lowest BCUT2D eigenvalue weighted by Crippen LogP contribution is -2.33. The zero-order chi connectivity index (χ0) is 11.8. The van der Waals surface area contributed by atoms with E-state index in [0.717, 1.165) is 18.4 Å². The zero-order valence-electron chi connectivity index (χ0n) is 9.02. The maximum atomic E-state index is 12.3. The maximum absolute atomic E-state index is 12.3.